The van der Waals surface area contributed by atoms with Crippen LogP contribution in [0.3, 0.4) is 0 Å². The van der Waals surface area contributed by atoms with Gasteiger partial charge in [-0.1, -0.05) is 12.8 Å². The number of nitrogens with zero attached hydrogens (tertiary/aromatic N) is 1. The molecule has 0 radical (unpaired) electrons. The molecule has 1 rings (SSSR count). The fourth-order valence-electron chi connectivity index (χ4n) is 2.17. The van der Waals surface area contributed by atoms with Gasteiger partial charge < -0.3 is 15.5 Å². The first-order chi connectivity index (χ1) is 8.49. The molecule has 0 saturated heterocycles. The molecule has 0 aromatic rings. The van der Waals surface area contributed by atoms with Crippen LogP contribution in [0.4, 0.5) is 0 Å². The monoisotopic (exact) mass is 255 g/mol. The third kappa shape index (κ3) is 5.49. The molecule has 2 N–H and O–H groups in total. The normalized spacial score (nSPS) is 16.0. The average Bonchev–Trinajstić information content (AvgIpc) is 2.77. The van der Waals surface area contributed by atoms with Gasteiger partial charge in [0.1, 0.15) is 0 Å². The Morgan fingerprint density at radius 2 is 1.89 bits per heavy atom. The van der Waals surface area contributed by atoms with Gasteiger partial charge >= 0.3 is 0 Å². The Morgan fingerprint density at radius 3 is 2.44 bits per heavy atom. The van der Waals surface area contributed by atoms with Crippen LogP contribution in [0.25, 0.3) is 0 Å². The minimum atomic E-state index is -0.110. The Balaban J connectivity index is 2.21. The predicted octanol–water partition coefficient (Wildman–Crippen LogP) is 0.502. The van der Waals surface area contributed by atoms with Crippen molar-refractivity contribution in [1.82, 2.24) is 15.5 Å². The highest BCUT2D eigenvalue weighted by atomic mass is 16.2. The minimum Gasteiger partial charge on any atom is -0.352 e. The number of rotatable bonds is 6. The van der Waals surface area contributed by atoms with Crippen LogP contribution in [-0.2, 0) is 9.59 Å². The zero-order valence-corrected chi connectivity index (χ0v) is 11.7. The van der Waals surface area contributed by atoms with Crippen molar-refractivity contribution >= 4 is 11.8 Å². The molecule has 0 bridgehead atoms. The SMILES string of the molecule is CC(C)NC(=O)CN(C)C(=O)CNC1CCCC1. The van der Waals surface area contributed by atoms with E-state index in [4.69, 9.17) is 0 Å². The van der Waals surface area contributed by atoms with E-state index in [0.717, 1.165) is 12.8 Å². The van der Waals surface area contributed by atoms with Gasteiger partial charge in [-0.15, -0.1) is 0 Å². The maximum atomic E-state index is 11.8. The van der Waals surface area contributed by atoms with E-state index in [0.29, 0.717) is 12.6 Å². The zero-order valence-electron chi connectivity index (χ0n) is 11.7. The average molecular weight is 255 g/mol. The van der Waals surface area contributed by atoms with Crippen LogP contribution < -0.4 is 10.6 Å². The van der Waals surface area contributed by atoms with Crippen molar-refractivity contribution in [3.63, 3.8) is 0 Å². The fourth-order valence-corrected chi connectivity index (χ4v) is 2.17. The molecule has 1 saturated carbocycles. The third-order valence-electron chi connectivity index (χ3n) is 3.15. The molecule has 0 atom stereocenters. The highest BCUT2D eigenvalue weighted by Crippen LogP contribution is 2.17. The summed E-state index contributed by atoms with van der Waals surface area (Å²) >= 11 is 0. The van der Waals surface area contributed by atoms with Crippen LogP contribution in [-0.4, -0.2) is 48.9 Å². The molecule has 0 spiro atoms. The van der Waals surface area contributed by atoms with E-state index in [1.165, 1.54) is 17.7 Å². The zero-order chi connectivity index (χ0) is 13.5. The van der Waals surface area contributed by atoms with Crippen LogP contribution in [0.2, 0.25) is 0 Å². The first kappa shape index (κ1) is 15.0. The Hall–Kier alpha value is -1.10. The summed E-state index contributed by atoms with van der Waals surface area (Å²) in [6, 6.07) is 0.587. The molecule has 2 amide bonds. The lowest BCUT2D eigenvalue weighted by molar-refractivity contribution is -0.134. The van der Waals surface area contributed by atoms with Crippen molar-refractivity contribution in [3.05, 3.63) is 0 Å². The molecule has 1 fully saturated rings. The second kappa shape index (κ2) is 7.36. The van der Waals surface area contributed by atoms with Crippen LogP contribution >= 0.6 is 0 Å². The highest BCUT2D eigenvalue weighted by Gasteiger charge is 2.17. The fraction of sp³-hybridized carbons (Fsp3) is 0.846. The second-order valence-corrected chi connectivity index (χ2v) is 5.33. The molecule has 104 valence electrons. The molecule has 1 aliphatic carbocycles. The molecule has 5 nitrogen and oxygen atoms in total. The molecule has 18 heavy (non-hydrogen) atoms. The first-order valence-corrected chi connectivity index (χ1v) is 6.75. The quantitative estimate of drug-likeness (QED) is 0.726. The maximum absolute atomic E-state index is 11.8. The molecule has 0 aromatic carbocycles. The summed E-state index contributed by atoms with van der Waals surface area (Å²) in [5.41, 5.74) is 0. The van der Waals surface area contributed by atoms with E-state index in [1.807, 2.05) is 13.8 Å². The van der Waals surface area contributed by atoms with E-state index in [-0.39, 0.29) is 24.4 Å². The van der Waals surface area contributed by atoms with Gasteiger partial charge in [-0.3, -0.25) is 9.59 Å². The lowest BCUT2D eigenvalue weighted by Crippen LogP contribution is -2.44. The highest BCUT2D eigenvalue weighted by molar-refractivity contribution is 5.85. The first-order valence-electron chi connectivity index (χ1n) is 6.75. The summed E-state index contributed by atoms with van der Waals surface area (Å²) < 4.78 is 0. The summed E-state index contributed by atoms with van der Waals surface area (Å²) in [6.07, 6.45) is 4.81. The van der Waals surface area contributed by atoms with Crippen LogP contribution in [0.15, 0.2) is 0 Å². The van der Waals surface area contributed by atoms with Crippen molar-refractivity contribution < 1.29 is 9.59 Å². The van der Waals surface area contributed by atoms with E-state index in [9.17, 15) is 9.59 Å². The Morgan fingerprint density at radius 1 is 1.28 bits per heavy atom. The summed E-state index contributed by atoms with van der Waals surface area (Å²) in [5.74, 6) is -0.137. The number of hydrogen-bond donors (Lipinski definition) is 2. The van der Waals surface area contributed by atoms with Crippen molar-refractivity contribution in [2.24, 2.45) is 0 Å². The number of nitrogens with one attached hydrogen (secondary N) is 2. The van der Waals surface area contributed by atoms with E-state index in [1.54, 1.807) is 7.05 Å². The lowest BCUT2D eigenvalue weighted by Gasteiger charge is -2.19. The summed E-state index contributed by atoms with van der Waals surface area (Å²) in [5, 5.41) is 6.03. The van der Waals surface area contributed by atoms with Gasteiger partial charge in [0.15, 0.2) is 0 Å². The summed E-state index contributed by atoms with van der Waals surface area (Å²) in [4.78, 5) is 24.8. The number of likely N-dealkylation sites (N-methyl/N-ethyl adjacent to an activating group) is 1. The number of carbonyl (C=O) groups excluding carboxylic acids is 2. The van der Waals surface area contributed by atoms with Gasteiger partial charge in [0.25, 0.3) is 0 Å². The Bertz CT molecular complexity index is 286. The molecule has 0 heterocycles. The molecular formula is C13H25N3O2. The Kier molecular flexibility index (Phi) is 6.12. The molecular weight excluding hydrogens is 230 g/mol. The van der Waals surface area contributed by atoms with Crippen molar-refractivity contribution in [3.8, 4) is 0 Å². The van der Waals surface area contributed by atoms with Crippen LogP contribution in [0, 0.1) is 0 Å². The van der Waals surface area contributed by atoms with E-state index >= 15 is 0 Å². The van der Waals surface area contributed by atoms with Crippen molar-refractivity contribution in [2.75, 3.05) is 20.1 Å². The van der Waals surface area contributed by atoms with Crippen LogP contribution in [0.5, 0.6) is 0 Å². The smallest absolute Gasteiger partial charge is 0.239 e. The van der Waals surface area contributed by atoms with Gasteiger partial charge in [-0.05, 0) is 26.7 Å². The maximum Gasteiger partial charge on any atom is 0.239 e. The third-order valence-corrected chi connectivity index (χ3v) is 3.15. The molecule has 0 aromatic heterocycles. The standard InChI is InChI=1S/C13H25N3O2/c1-10(2)15-12(17)9-16(3)13(18)8-14-11-6-4-5-7-11/h10-11,14H,4-9H2,1-3H3,(H,15,17). The van der Waals surface area contributed by atoms with E-state index in [2.05, 4.69) is 10.6 Å². The van der Waals surface area contributed by atoms with Crippen molar-refractivity contribution in [2.45, 2.75) is 51.6 Å². The number of hydrogen-bond acceptors (Lipinski definition) is 3. The summed E-state index contributed by atoms with van der Waals surface area (Å²) in [7, 11) is 1.67. The topological polar surface area (TPSA) is 61.4 Å². The van der Waals surface area contributed by atoms with Gasteiger partial charge in [-0.2, -0.15) is 0 Å². The molecule has 0 unspecified atom stereocenters. The lowest BCUT2D eigenvalue weighted by atomic mass is 10.2. The van der Waals surface area contributed by atoms with Gasteiger partial charge in [0.2, 0.25) is 11.8 Å². The van der Waals surface area contributed by atoms with E-state index < -0.39 is 0 Å². The van der Waals surface area contributed by atoms with Crippen molar-refractivity contribution in [1.29, 1.82) is 0 Å². The largest absolute Gasteiger partial charge is 0.352 e. The summed E-state index contributed by atoms with van der Waals surface area (Å²) in [6.45, 7) is 4.27. The number of amides is 2. The molecule has 1 aliphatic rings. The predicted molar refractivity (Wildman–Crippen MR) is 71.2 cm³/mol. The number of carbonyl (C=O) groups is 2. The molecule has 0 aliphatic heterocycles. The molecule has 5 heteroatoms. The van der Waals surface area contributed by atoms with Gasteiger partial charge in [-0.25, -0.2) is 0 Å². The van der Waals surface area contributed by atoms with Crippen LogP contribution in [0.1, 0.15) is 39.5 Å². The van der Waals surface area contributed by atoms with Gasteiger partial charge in [0, 0.05) is 19.1 Å². The Labute approximate surface area is 109 Å². The van der Waals surface area contributed by atoms with Gasteiger partial charge in [0.05, 0.1) is 13.1 Å². The second-order valence-electron chi connectivity index (χ2n) is 5.33. The minimum absolute atomic E-state index is 0.0270.